The molecule has 5 heteroatoms. The molecule has 0 heterocycles. The third-order valence-electron chi connectivity index (χ3n) is 3.10. The average Bonchev–Trinajstić information content (AvgIpc) is 2.47. The van der Waals surface area contributed by atoms with Crippen LogP contribution in [0.5, 0.6) is 5.75 Å². The van der Waals surface area contributed by atoms with E-state index >= 15 is 0 Å². The Bertz CT molecular complexity index is 669. The largest absolute Gasteiger partial charge is 0.496 e. The quantitative estimate of drug-likeness (QED) is 0.837. The number of alkyl halides is 3. The van der Waals surface area contributed by atoms with Gasteiger partial charge in [-0.2, -0.15) is 18.4 Å². The smallest absolute Gasteiger partial charge is 0.416 e. The van der Waals surface area contributed by atoms with Gasteiger partial charge in [-0.3, -0.25) is 0 Å². The molecule has 108 valence electrons. The van der Waals surface area contributed by atoms with Crippen LogP contribution in [-0.2, 0) is 12.6 Å². The Morgan fingerprint density at radius 2 is 1.67 bits per heavy atom. The van der Waals surface area contributed by atoms with Crippen LogP contribution in [0, 0.1) is 11.3 Å². The van der Waals surface area contributed by atoms with E-state index in [-0.39, 0.29) is 6.42 Å². The predicted molar refractivity (Wildman–Crippen MR) is 72.7 cm³/mol. The van der Waals surface area contributed by atoms with Crippen molar-refractivity contribution in [1.82, 2.24) is 0 Å². The lowest BCUT2D eigenvalue weighted by molar-refractivity contribution is -0.137. The van der Waals surface area contributed by atoms with Crippen molar-refractivity contribution in [3.05, 3.63) is 53.6 Å². The van der Waals surface area contributed by atoms with Crippen molar-refractivity contribution in [2.45, 2.75) is 12.6 Å². The maximum Gasteiger partial charge on any atom is 0.416 e. The summed E-state index contributed by atoms with van der Waals surface area (Å²) in [5.41, 5.74) is 1.46. The highest BCUT2D eigenvalue weighted by molar-refractivity contribution is 5.66. The molecule has 2 rings (SSSR count). The first-order valence-electron chi connectivity index (χ1n) is 6.17. The fourth-order valence-electron chi connectivity index (χ4n) is 2.01. The number of ether oxygens (including phenoxy) is 1. The van der Waals surface area contributed by atoms with Crippen molar-refractivity contribution in [2.75, 3.05) is 7.11 Å². The Hall–Kier alpha value is -2.48. The highest BCUT2D eigenvalue weighted by Crippen LogP contribution is 2.32. The van der Waals surface area contributed by atoms with Gasteiger partial charge in [-0.1, -0.05) is 24.3 Å². The molecule has 0 amide bonds. The van der Waals surface area contributed by atoms with Crippen molar-refractivity contribution in [1.29, 1.82) is 5.26 Å². The average molecular weight is 291 g/mol. The third-order valence-corrected chi connectivity index (χ3v) is 3.10. The lowest BCUT2D eigenvalue weighted by Gasteiger charge is -2.10. The summed E-state index contributed by atoms with van der Waals surface area (Å²) >= 11 is 0. The van der Waals surface area contributed by atoms with Crippen LogP contribution in [0.3, 0.4) is 0 Å². The zero-order valence-corrected chi connectivity index (χ0v) is 11.2. The Kier molecular flexibility index (Phi) is 4.18. The molecule has 0 aromatic heterocycles. The number of rotatable bonds is 3. The Morgan fingerprint density at radius 1 is 1.05 bits per heavy atom. The van der Waals surface area contributed by atoms with E-state index in [4.69, 9.17) is 10.00 Å². The van der Waals surface area contributed by atoms with Crippen LogP contribution in [0.15, 0.2) is 42.5 Å². The molecule has 0 radical (unpaired) electrons. The zero-order valence-electron chi connectivity index (χ0n) is 11.2. The molecule has 2 aromatic carbocycles. The summed E-state index contributed by atoms with van der Waals surface area (Å²) in [6.45, 7) is 0. The summed E-state index contributed by atoms with van der Waals surface area (Å²) in [5.74, 6) is 0.550. The summed E-state index contributed by atoms with van der Waals surface area (Å²) in [7, 11) is 1.49. The van der Waals surface area contributed by atoms with Crippen LogP contribution in [0.1, 0.15) is 11.1 Å². The maximum absolute atomic E-state index is 12.5. The lowest BCUT2D eigenvalue weighted by Crippen LogP contribution is -2.04. The molecule has 0 aliphatic heterocycles. The van der Waals surface area contributed by atoms with Gasteiger partial charge in [-0.15, -0.1) is 0 Å². The van der Waals surface area contributed by atoms with E-state index in [2.05, 4.69) is 0 Å². The zero-order chi connectivity index (χ0) is 15.5. The van der Waals surface area contributed by atoms with E-state index in [0.29, 0.717) is 11.3 Å². The van der Waals surface area contributed by atoms with E-state index in [1.165, 1.54) is 19.2 Å². The summed E-state index contributed by atoms with van der Waals surface area (Å²) < 4.78 is 42.8. The molecule has 0 unspecified atom stereocenters. The molecule has 0 bridgehead atoms. The van der Waals surface area contributed by atoms with Crippen LogP contribution < -0.4 is 4.74 Å². The van der Waals surface area contributed by atoms with Gasteiger partial charge in [0.1, 0.15) is 5.75 Å². The molecule has 21 heavy (non-hydrogen) atoms. The van der Waals surface area contributed by atoms with E-state index in [0.717, 1.165) is 23.3 Å². The topological polar surface area (TPSA) is 33.0 Å². The highest BCUT2D eigenvalue weighted by atomic mass is 19.4. The van der Waals surface area contributed by atoms with Crippen molar-refractivity contribution < 1.29 is 17.9 Å². The highest BCUT2D eigenvalue weighted by Gasteiger charge is 2.29. The molecule has 2 aromatic rings. The summed E-state index contributed by atoms with van der Waals surface area (Å²) in [6.07, 6.45) is -4.12. The van der Waals surface area contributed by atoms with Gasteiger partial charge in [0, 0.05) is 5.56 Å². The number of benzene rings is 2. The van der Waals surface area contributed by atoms with Gasteiger partial charge in [-0.05, 0) is 29.3 Å². The molecule has 0 atom stereocenters. The van der Waals surface area contributed by atoms with Crippen LogP contribution in [0.2, 0.25) is 0 Å². The van der Waals surface area contributed by atoms with Crippen molar-refractivity contribution in [3.63, 3.8) is 0 Å². The van der Waals surface area contributed by atoms with Gasteiger partial charge in [0.05, 0.1) is 25.2 Å². The second-order valence-electron chi connectivity index (χ2n) is 4.44. The van der Waals surface area contributed by atoms with Gasteiger partial charge >= 0.3 is 6.18 Å². The Balaban J connectivity index is 2.36. The minimum Gasteiger partial charge on any atom is -0.496 e. The van der Waals surface area contributed by atoms with E-state index in [1.54, 1.807) is 18.2 Å². The van der Waals surface area contributed by atoms with Crippen LogP contribution in [0.25, 0.3) is 11.1 Å². The van der Waals surface area contributed by atoms with E-state index in [1.807, 2.05) is 6.07 Å². The molecule has 0 spiro atoms. The molecule has 0 fully saturated rings. The van der Waals surface area contributed by atoms with Gasteiger partial charge in [-0.25, -0.2) is 0 Å². The second-order valence-corrected chi connectivity index (χ2v) is 4.44. The van der Waals surface area contributed by atoms with Crippen molar-refractivity contribution in [2.24, 2.45) is 0 Å². The van der Waals surface area contributed by atoms with Crippen LogP contribution in [-0.4, -0.2) is 7.11 Å². The molecule has 0 aliphatic rings. The standard InChI is InChI=1S/C16H12F3NO/c1-21-15-10-13(3-2-12(15)8-9-20)11-4-6-14(7-5-11)16(17,18)19/h2-7,10H,8H2,1H3. The SMILES string of the molecule is COc1cc(-c2ccc(C(F)(F)F)cc2)ccc1CC#N. The third kappa shape index (κ3) is 3.34. The first kappa shape index (κ1) is 14.9. The fraction of sp³-hybridized carbons (Fsp3) is 0.188. The predicted octanol–water partition coefficient (Wildman–Crippen LogP) is 4.45. The monoisotopic (exact) mass is 291 g/mol. The van der Waals surface area contributed by atoms with Gasteiger partial charge in [0.15, 0.2) is 0 Å². The van der Waals surface area contributed by atoms with Gasteiger partial charge < -0.3 is 4.74 Å². The second kappa shape index (κ2) is 5.88. The van der Waals surface area contributed by atoms with Crippen molar-refractivity contribution >= 4 is 0 Å². The van der Waals surface area contributed by atoms with Crippen LogP contribution in [0.4, 0.5) is 13.2 Å². The Morgan fingerprint density at radius 3 is 2.19 bits per heavy atom. The normalized spacial score (nSPS) is 11.0. The van der Waals surface area contributed by atoms with E-state index < -0.39 is 11.7 Å². The fourth-order valence-corrected chi connectivity index (χ4v) is 2.01. The van der Waals surface area contributed by atoms with Gasteiger partial charge in [0.25, 0.3) is 0 Å². The first-order chi connectivity index (χ1) is 9.95. The molecule has 0 N–H and O–H groups in total. The van der Waals surface area contributed by atoms with Gasteiger partial charge in [0.2, 0.25) is 0 Å². The van der Waals surface area contributed by atoms with Crippen molar-refractivity contribution in [3.8, 4) is 22.9 Å². The number of hydrogen-bond acceptors (Lipinski definition) is 2. The molecule has 0 saturated carbocycles. The molecule has 0 aliphatic carbocycles. The van der Waals surface area contributed by atoms with Crippen LogP contribution >= 0.6 is 0 Å². The minimum atomic E-state index is -4.34. The number of nitriles is 1. The lowest BCUT2D eigenvalue weighted by atomic mass is 10.0. The molecule has 0 saturated heterocycles. The first-order valence-corrected chi connectivity index (χ1v) is 6.17. The number of halogens is 3. The minimum absolute atomic E-state index is 0.219. The number of nitrogens with zero attached hydrogens (tertiary/aromatic N) is 1. The summed E-state index contributed by atoms with van der Waals surface area (Å²) in [5, 5.41) is 8.72. The molecule has 2 nitrogen and oxygen atoms in total. The Labute approximate surface area is 120 Å². The number of methoxy groups -OCH3 is 1. The summed E-state index contributed by atoms with van der Waals surface area (Å²) in [6, 6.07) is 12.2. The van der Waals surface area contributed by atoms with E-state index in [9.17, 15) is 13.2 Å². The number of hydrogen-bond donors (Lipinski definition) is 0. The maximum atomic E-state index is 12.5. The summed E-state index contributed by atoms with van der Waals surface area (Å²) in [4.78, 5) is 0. The molecular formula is C16H12F3NO. The molecular weight excluding hydrogens is 279 g/mol.